The molecule has 3 aliphatic rings. The molecule has 7 nitrogen and oxygen atoms in total. The Morgan fingerprint density at radius 1 is 1.42 bits per heavy atom. The number of amidine groups is 1. The third kappa shape index (κ3) is 3.15. The highest BCUT2D eigenvalue weighted by Gasteiger charge is 2.47. The summed E-state index contributed by atoms with van der Waals surface area (Å²) < 4.78 is 1.38. The Kier molecular flexibility index (Phi) is 4.84. The third-order valence-corrected chi connectivity index (χ3v) is 5.69. The number of dihydropyridines is 1. The van der Waals surface area contributed by atoms with Crippen LogP contribution in [0.1, 0.15) is 25.7 Å². The molecule has 0 saturated heterocycles. The number of urea groups is 1. The molecular weight excluding hydrogens is 328 g/mol. The number of fused-ring (bicyclic) bond motifs is 1. The molecule has 0 spiro atoms. The van der Waals surface area contributed by atoms with Gasteiger partial charge in [0.15, 0.2) is 5.92 Å². The molecule has 2 heterocycles. The lowest BCUT2D eigenvalue weighted by Gasteiger charge is -2.26. The van der Waals surface area contributed by atoms with Crippen molar-refractivity contribution < 1.29 is 19.0 Å². The highest BCUT2D eigenvalue weighted by Crippen LogP contribution is 2.31. The first-order chi connectivity index (χ1) is 11.5. The first-order valence-electron chi connectivity index (χ1n) is 8.07. The minimum Gasteiger partial charge on any atom is -0.353 e. The van der Waals surface area contributed by atoms with E-state index in [2.05, 4.69) is 10.3 Å². The lowest BCUT2D eigenvalue weighted by molar-refractivity contribution is -0.407. The quantitative estimate of drug-likeness (QED) is 0.768. The van der Waals surface area contributed by atoms with Gasteiger partial charge in [0.25, 0.3) is 5.84 Å². The molecule has 24 heavy (non-hydrogen) atoms. The lowest BCUT2D eigenvalue weighted by Crippen LogP contribution is -2.52. The molecule has 1 aliphatic carbocycles. The highest BCUT2D eigenvalue weighted by atomic mass is 32.2. The van der Waals surface area contributed by atoms with Gasteiger partial charge in [0.1, 0.15) is 6.21 Å². The maximum Gasteiger partial charge on any atom is 0.445 e. The predicted molar refractivity (Wildman–Crippen MR) is 92.3 cm³/mol. The molecule has 3 rings (SSSR count). The fourth-order valence-electron chi connectivity index (χ4n) is 3.23. The molecule has 1 atom stereocenters. The summed E-state index contributed by atoms with van der Waals surface area (Å²) in [4.78, 5) is 42.6. The average Bonchev–Trinajstić information content (AvgIpc) is 3.08. The van der Waals surface area contributed by atoms with E-state index in [0.29, 0.717) is 5.84 Å². The van der Waals surface area contributed by atoms with Crippen LogP contribution in [0.25, 0.3) is 0 Å². The second kappa shape index (κ2) is 6.88. The second-order valence-electron chi connectivity index (χ2n) is 6.21. The second-order valence-corrected chi connectivity index (χ2v) is 7.26. The van der Waals surface area contributed by atoms with Crippen LogP contribution in [-0.2, 0) is 9.59 Å². The van der Waals surface area contributed by atoms with Crippen LogP contribution in [0.5, 0.6) is 0 Å². The van der Waals surface area contributed by atoms with Crippen LogP contribution < -0.4 is 5.32 Å². The van der Waals surface area contributed by atoms with E-state index in [1.165, 1.54) is 36.2 Å². The van der Waals surface area contributed by atoms with Gasteiger partial charge in [-0.25, -0.2) is 4.79 Å². The summed E-state index contributed by atoms with van der Waals surface area (Å²) in [6.45, 7) is 0. The van der Waals surface area contributed by atoms with E-state index < -0.39 is 11.9 Å². The van der Waals surface area contributed by atoms with Crippen LogP contribution >= 0.6 is 11.8 Å². The first kappa shape index (κ1) is 16.9. The number of hydrogen-bond acceptors (Lipinski definition) is 5. The Balaban J connectivity index is 1.68. The molecule has 128 valence electrons. The van der Waals surface area contributed by atoms with Gasteiger partial charge < -0.3 is 5.32 Å². The van der Waals surface area contributed by atoms with Gasteiger partial charge >= 0.3 is 11.9 Å². The van der Waals surface area contributed by atoms with Crippen LogP contribution in [0.15, 0.2) is 16.0 Å². The molecule has 0 bridgehead atoms. The number of allylic oxidation sites excluding steroid dienone is 1. The van der Waals surface area contributed by atoms with Crippen LogP contribution in [0.4, 0.5) is 4.79 Å². The number of carbonyl (C=O) groups is 3. The summed E-state index contributed by atoms with van der Waals surface area (Å²) in [6, 6.07) is -0.109. The summed E-state index contributed by atoms with van der Waals surface area (Å²) in [7, 11) is 3.07. The Morgan fingerprint density at radius 3 is 2.83 bits per heavy atom. The molecule has 2 aliphatic heterocycles. The number of thioether (sulfide) groups is 1. The molecule has 1 unspecified atom stereocenters. The Hall–Kier alpha value is -1.96. The van der Waals surface area contributed by atoms with E-state index in [1.54, 1.807) is 19.3 Å². The zero-order chi connectivity index (χ0) is 17.3. The Labute approximate surface area is 144 Å². The average molecular weight is 349 g/mol. The fourth-order valence-corrected chi connectivity index (χ4v) is 4.14. The number of amides is 4. The number of hydrogen-bond donors (Lipinski definition) is 1. The van der Waals surface area contributed by atoms with Crippen LogP contribution in [0.3, 0.4) is 0 Å². The van der Waals surface area contributed by atoms with Gasteiger partial charge in [-0.05, 0) is 18.9 Å². The van der Waals surface area contributed by atoms with Crippen molar-refractivity contribution >= 4 is 41.7 Å². The molecule has 0 aromatic heterocycles. The van der Waals surface area contributed by atoms with E-state index in [4.69, 9.17) is 0 Å². The normalized spacial score (nSPS) is 24.3. The van der Waals surface area contributed by atoms with Crippen molar-refractivity contribution in [3.05, 3.63) is 11.0 Å². The summed E-state index contributed by atoms with van der Waals surface area (Å²) in [5, 5.41) is 3.04. The van der Waals surface area contributed by atoms with Crippen molar-refractivity contribution in [2.75, 3.05) is 19.8 Å². The van der Waals surface area contributed by atoms with Gasteiger partial charge in [-0.3, -0.25) is 9.59 Å². The van der Waals surface area contributed by atoms with Crippen molar-refractivity contribution in [3.8, 4) is 0 Å². The Morgan fingerprint density at radius 2 is 2.12 bits per heavy atom. The minimum atomic E-state index is -0.605. The van der Waals surface area contributed by atoms with Crippen molar-refractivity contribution in [2.45, 2.75) is 31.7 Å². The first-order valence-corrected chi connectivity index (χ1v) is 9.06. The molecule has 1 fully saturated rings. The summed E-state index contributed by atoms with van der Waals surface area (Å²) >= 11 is 1.34. The summed E-state index contributed by atoms with van der Waals surface area (Å²) in [5.74, 6) is -0.247. The standard InChI is InChI=1S/C16H20N4O3S/c1-19-14-13(15(22)20(2)16(19)23)11(7-8-17-14)24-9-12(21)18-10-5-3-4-6-10/h7-8,10,13H,3-6,9H2,1-2H3/p+1. The molecule has 0 radical (unpaired) electrons. The largest absolute Gasteiger partial charge is 0.445 e. The van der Waals surface area contributed by atoms with Gasteiger partial charge in [-0.15, -0.1) is 16.8 Å². The van der Waals surface area contributed by atoms with E-state index >= 15 is 0 Å². The zero-order valence-electron chi connectivity index (χ0n) is 13.8. The number of nitrogens with zero attached hydrogens (tertiary/aromatic N) is 3. The van der Waals surface area contributed by atoms with Crippen molar-refractivity contribution in [2.24, 2.45) is 10.9 Å². The van der Waals surface area contributed by atoms with Crippen LogP contribution in [-0.4, -0.2) is 65.3 Å². The third-order valence-electron chi connectivity index (χ3n) is 4.57. The predicted octanol–water partition coefficient (Wildman–Crippen LogP) is 0.996. The summed E-state index contributed by atoms with van der Waals surface area (Å²) in [5.41, 5.74) is 0. The van der Waals surface area contributed by atoms with E-state index in [1.807, 2.05) is 0 Å². The SMILES string of the molecule is CN1C(=O)C2C(SCC(=O)NC3CCCC3)=CC=NC2=[N+](C)C1=O. The fraction of sp³-hybridized carbons (Fsp3) is 0.562. The molecule has 0 aromatic rings. The van der Waals surface area contributed by atoms with Gasteiger partial charge in [0.05, 0.1) is 19.8 Å². The topological polar surface area (TPSA) is 81.8 Å². The monoisotopic (exact) mass is 349 g/mol. The Bertz CT molecular complexity index is 677. The van der Waals surface area contributed by atoms with Crippen LogP contribution in [0, 0.1) is 5.92 Å². The summed E-state index contributed by atoms with van der Waals surface area (Å²) in [6.07, 6.45) is 7.75. The molecule has 1 N–H and O–H groups in total. The van der Waals surface area contributed by atoms with Gasteiger partial charge in [-0.1, -0.05) is 12.8 Å². The zero-order valence-corrected chi connectivity index (χ0v) is 14.6. The van der Waals surface area contributed by atoms with Gasteiger partial charge in [-0.2, -0.15) is 9.48 Å². The number of nitrogens with one attached hydrogen (secondary N) is 1. The van der Waals surface area contributed by atoms with E-state index in [9.17, 15) is 14.4 Å². The minimum absolute atomic E-state index is 0.0158. The van der Waals surface area contributed by atoms with Gasteiger partial charge in [0.2, 0.25) is 5.91 Å². The van der Waals surface area contributed by atoms with E-state index in [0.717, 1.165) is 22.6 Å². The number of carbonyl (C=O) groups excluding carboxylic acids is 3. The van der Waals surface area contributed by atoms with Crippen molar-refractivity contribution in [1.82, 2.24) is 10.2 Å². The number of rotatable bonds is 4. The van der Waals surface area contributed by atoms with E-state index in [-0.39, 0.29) is 23.6 Å². The molecule has 8 heteroatoms. The van der Waals surface area contributed by atoms with Crippen molar-refractivity contribution in [3.63, 3.8) is 0 Å². The lowest BCUT2D eigenvalue weighted by atomic mass is 10.0. The maximum atomic E-state index is 12.5. The number of aliphatic imine (C=N–C) groups is 1. The molecule has 1 saturated carbocycles. The van der Waals surface area contributed by atoms with Crippen molar-refractivity contribution in [1.29, 1.82) is 0 Å². The molecular formula is C16H21N4O3S+. The number of imide groups is 1. The van der Waals surface area contributed by atoms with Crippen LogP contribution in [0.2, 0.25) is 0 Å². The maximum absolute atomic E-state index is 12.5. The van der Waals surface area contributed by atoms with Gasteiger partial charge in [0, 0.05) is 10.9 Å². The smallest absolute Gasteiger partial charge is 0.353 e. The molecule has 0 aromatic carbocycles. The molecule has 4 amide bonds. The highest BCUT2D eigenvalue weighted by molar-refractivity contribution is 8.03.